The summed E-state index contributed by atoms with van der Waals surface area (Å²) in [4.78, 5) is 17.0. The van der Waals surface area contributed by atoms with Gasteiger partial charge in [0.05, 0.1) is 27.8 Å². The lowest BCUT2D eigenvalue weighted by atomic mass is 10.2. The van der Waals surface area contributed by atoms with Gasteiger partial charge in [0.2, 0.25) is 0 Å². The molecule has 4 rings (SSSR count). The van der Waals surface area contributed by atoms with Gasteiger partial charge < -0.3 is 5.32 Å². The first-order valence-corrected chi connectivity index (χ1v) is 9.01. The fourth-order valence-corrected chi connectivity index (χ4v) is 3.01. The van der Waals surface area contributed by atoms with Gasteiger partial charge in [0.1, 0.15) is 0 Å². The van der Waals surface area contributed by atoms with Gasteiger partial charge in [0, 0.05) is 24.2 Å². The average Bonchev–Trinajstić information content (AvgIpc) is 3.33. The summed E-state index contributed by atoms with van der Waals surface area (Å²) in [6, 6.07) is 12.5. The van der Waals surface area contributed by atoms with Crippen molar-refractivity contribution in [2.24, 2.45) is 0 Å². The molecule has 4 aromatic rings. The highest BCUT2D eigenvalue weighted by atomic mass is 35.5. The Morgan fingerprint density at radius 2 is 1.86 bits per heavy atom. The molecule has 28 heavy (non-hydrogen) atoms. The van der Waals surface area contributed by atoms with Crippen molar-refractivity contribution in [1.82, 2.24) is 24.5 Å². The molecule has 0 aliphatic rings. The van der Waals surface area contributed by atoms with Crippen molar-refractivity contribution in [3.63, 3.8) is 0 Å². The lowest BCUT2D eigenvalue weighted by Gasteiger charge is -2.10. The first-order chi connectivity index (χ1) is 13.5. The summed E-state index contributed by atoms with van der Waals surface area (Å²) in [5.74, 6) is 0.314. The minimum absolute atomic E-state index is 0.237. The number of rotatable bonds is 4. The van der Waals surface area contributed by atoms with Gasteiger partial charge in [0.25, 0.3) is 5.91 Å². The number of nitrogens with one attached hydrogen (secondary N) is 1. The predicted octanol–water partition coefficient (Wildman–Crippen LogP) is 3.98. The number of aryl methyl sites for hydroxylation is 1. The normalized spacial score (nSPS) is 10.8. The Morgan fingerprint density at radius 1 is 1.07 bits per heavy atom. The van der Waals surface area contributed by atoms with Crippen LogP contribution in [0.5, 0.6) is 0 Å². The Labute approximate surface area is 166 Å². The van der Waals surface area contributed by atoms with Gasteiger partial charge >= 0.3 is 0 Å². The molecule has 7 nitrogen and oxygen atoms in total. The molecule has 0 saturated carbocycles. The van der Waals surface area contributed by atoms with E-state index in [9.17, 15) is 4.79 Å². The quantitative estimate of drug-likeness (QED) is 0.570. The lowest BCUT2D eigenvalue weighted by molar-refractivity contribution is 0.102. The number of benzene rings is 1. The molecular formula is C20H17ClN6O. The molecule has 8 heteroatoms. The van der Waals surface area contributed by atoms with Crippen LogP contribution in [-0.4, -0.2) is 30.5 Å². The maximum atomic E-state index is 12.7. The van der Waals surface area contributed by atoms with Crippen LogP contribution in [0.1, 0.15) is 21.7 Å². The molecule has 0 aliphatic carbocycles. The molecule has 0 fully saturated rings. The minimum Gasteiger partial charge on any atom is -0.319 e. The number of pyridine rings is 1. The van der Waals surface area contributed by atoms with E-state index in [0.29, 0.717) is 22.1 Å². The van der Waals surface area contributed by atoms with Gasteiger partial charge in [-0.1, -0.05) is 11.6 Å². The second-order valence-electron chi connectivity index (χ2n) is 6.22. The third kappa shape index (κ3) is 3.27. The van der Waals surface area contributed by atoms with Crippen LogP contribution in [0, 0.1) is 13.8 Å². The van der Waals surface area contributed by atoms with Crippen molar-refractivity contribution >= 4 is 23.2 Å². The molecule has 0 spiro atoms. The van der Waals surface area contributed by atoms with E-state index in [0.717, 1.165) is 17.1 Å². The summed E-state index contributed by atoms with van der Waals surface area (Å²) in [5, 5.41) is 12.1. The van der Waals surface area contributed by atoms with E-state index in [-0.39, 0.29) is 5.91 Å². The maximum absolute atomic E-state index is 12.7. The number of halogens is 1. The van der Waals surface area contributed by atoms with Crippen LogP contribution in [0.4, 0.5) is 5.69 Å². The standard InChI is InChI=1S/C20H17ClN6O/c1-13-18(21)14(2)27(25-13)16-8-6-15(7-9-16)20(28)24-17-5-3-10-22-19(17)26-12-4-11-23-26/h3-12H,1-2H3,(H,24,28). The zero-order valence-electron chi connectivity index (χ0n) is 15.3. The zero-order chi connectivity index (χ0) is 19.7. The second-order valence-corrected chi connectivity index (χ2v) is 6.60. The molecule has 1 aromatic carbocycles. The number of carbonyl (C=O) groups is 1. The van der Waals surface area contributed by atoms with E-state index in [2.05, 4.69) is 20.5 Å². The summed E-state index contributed by atoms with van der Waals surface area (Å²) in [6.45, 7) is 3.76. The van der Waals surface area contributed by atoms with Crippen molar-refractivity contribution in [2.45, 2.75) is 13.8 Å². The molecule has 3 heterocycles. The average molecular weight is 393 g/mol. The van der Waals surface area contributed by atoms with E-state index < -0.39 is 0 Å². The summed E-state index contributed by atoms with van der Waals surface area (Å²) in [6.07, 6.45) is 5.08. The van der Waals surface area contributed by atoms with Gasteiger partial charge in [-0.3, -0.25) is 4.79 Å². The van der Waals surface area contributed by atoms with Crippen molar-refractivity contribution in [3.8, 4) is 11.5 Å². The highest BCUT2D eigenvalue weighted by molar-refractivity contribution is 6.31. The topological polar surface area (TPSA) is 77.6 Å². The van der Waals surface area contributed by atoms with Gasteiger partial charge in [0.15, 0.2) is 5.82 Å². The number of hydrogen-bond donors (Lipinski definition) is 1. The Kier molecular flexibility index (Phi) is 4.67. The van der Waals surface area contributed by atoms with Gasteiger partial charge in [-0.25, -0.2) is 14.3 Å². The second kappa shape index (κ2) is 7.28. The molecule has 0 bridgehead atoms. The largest absolute Gasteiger partial charge is 0.319 e. The van der Waals surface area contributed by atoms with E-state index in [1.165, 1.54) is 0 Å². The van der Waals surface area contributed by atoms with Crippen LogP contribution in [0.25, 0.3) is 11.5 Å². The molecule has 0 saturated heterocycles. The van der Waals surface area contributed by atoms with E-state index in [4.69, 9.17) is 11.6 Å². The maximum Gasteiger partial charge on any atom is 0.255 e. The first-order valence-electron chi connectivity index (χ1n) is 8.63. The summed E-state index contributed by atoms with van der Waals surface area (Å²) < 4.78 is 3.36. The third-order valence-corrected chi connectivity index (χ3v) is 4.88. The molecule has 0 aliphatic heterocycles. The summed E-state index contributed by atoms with van der Waals surface area (Å²) in [5.41, 5.74) is 3.55. The number of anilines is 1. The molecule has 140 valence electrons. The summed E-state index contributed by atoms with van der Waals surface area (Å²) >= 11 is 6.22. The molecule has 0 radical (unpaired) electrons. The van der Waals surface area contributed by atoms with E-state index >= 15 is 0 Å². The van der Waals surface area contributed by atoms with Crippen molar-refractivity contribution in [2.75, 3.05) is 5.32 Å². The highest BCUT2D eigenvalue weighted by Gasteiger charge is 2.13. The van der Waals surface area contributed by atoms with Crippen molar-refractivity contribution in [1.29, 1.82) is 0 Å². The molecule has 1 N–H and O–H groups in total. The number of carbonyl (C=O) groups excluding carboxylic acids is 1. The summed E-state index contributed by atoms with van der Waals surface area (Å²) in [7, 11) is 0. The van der Waals surface area contributed by atoms with Crippen molar-refractivity contribution in [3.05, 3.63) is 83.0 Å². The number of hydrogen-bond acceptors (Lipinski definition) is 4. The van der Waals surface area contributed by atoms with E-state index in [1.54, 1.807) is 58.3 Å². The molecular weight excluding hydrogens is 376 g/mol. The molecule has 1 amide bonds. The smallest absolute Gasteiger partial charge is 0.255 e. The van der Waals surface area contributed by atoms with Crippen LogP contribution >= 0.6 is 11.6 Å². The number of amides is 1. The predicted molar refractivity (Wildman–Crippen MR) is 107 cm³/mol. The SMILES string of the molecule is Cc1nn(-c2ccc(C(=O)Nc3cccnc3-n3cccn3)cc2)c(C)c1Cl. The van der Waals surface area contributed by atoms with Gasteiger partial charge in [-0.2, -0.15) is 10.2 Å². The minimum atomic E-state index is -0.237. The first kappa shape index (κ1) is 17.9. The molecule has 0 unspecified atom stereocenters. The van der Waals surface area contributed by atoms with Crippen LogP contribution < -0.4 is 5.32 Å². The van der Waals surface area contributed by atoms with Crippen molar-refractivity contribution < 1.29 is 4.79 Å². The van der Waals surface area contributed by atoms with Gasteiger partial charge in [-0.15, -0.1) is 0 Å². The molecule has 3 aromatic heterocycles. The third-order valence-electron chi connectivity index (χ3n) is 4.33. The fraction of sp³-hybridized carbons (Fsp3) is 0.100. The molecule has 0 atom stereocenters. The number of nitrogens with zero attached hydrogens (tertiary/aromatic N) is 5. The fourth-order valence-electron chi connectivity index (χ4n) is 2.89. The van der Waals surface area contributed by atoms with Gasteiger partial charge in [-0.05, 0) is 56.3 Å². The Morgan fingerprint density at radius 3 is 2.50 bits per heavy atom. The number of aromatic nitrogens is 5. The van der Waals surface area contributed by atoms with Crippen LogP contribution in [0.3, 0.4) is 0 Å². The van der Waals surface area contributed by atoms with Crippen LogP contribution in [-0.2, 0) is 0 Å². The van der Waals surface area contributed by atoms with E-state index in [1.807, 2.05) is 26.0 Å². The Bertz CT molecular complexity index is 1130. The van der Waals surface area contributed by atoms with Crippen LogP contribution in [0.15, 0.2) is 61.1 Å². The van der Waals surface area contributed by atoms with Crippen LogP contribution in [0.2, 0.25) is 5.02 Å². The lowest BCUT2D eigenvalue weighted by Crippen LogP contribution is -2.15. The monoisotopic (exact) mass is 392 g/mol. The zero-order valence-corrected chi connectivity index (χ0v) is 16.1. The highest BCUT2D eigenvalue weighted by Crippen LogP contribution is 2.23. The Balaban J connectivity index is 1.58. The Hall–Kier alpha value is -3.45.